The van der Waals surface area contributed by atoms with Crippen LogP contribution in [0.4, 0.5) is 5.95 Å². The van der Waals surface area contributed by atoms with E-state index < -0.39 is 0 Å². The molecular weight excluding hydrogens is 222 g/mol. The van der Waals surface area contributed by atoms with Gasteiger partial charge in [-0.25, -0.2) is 4.98 Å². The number of nitrogens with one attached hydrogen (secondary N) is 1. The molecule has 96 valence electrons. The third-order valence-electron chi connectivity index (χ3n) is 3.04. The van der Waals surface area contributed by atoms with Crippen LogP contribution in [-0.2, 0) is 13.1 Å². The first-order valence-corrected chi connectivity index (χ1v) is 6.60. The first-order chi connectivity index (χ1) is 8.79. The molecule has 3 heteroatoms. The molecule has 0 aliphatic heterocycles. The summed E-state index contributed by atoms with van der Waals surface area (Å²) in [6.07, 6.45) is 6.28. The lowest BCUT2D eigenvalue weighted by Gasteiger charge is -2.09. The maximum absolute atomic E-state index is 4.35. The zero-order chi connectivity index (χ0) is 12.8. The van der Waals surface area contributed by atoms with Gasteiger partial charge in [-0.2, -0.15) is 0 Å². The molecule has 0 spiro atoms. The second kappa shape index (κ2) is 6.24. The molecule has 0 saturated heterocycles. The highest BCUT2D eigenvalue weighted by Gasteiger charge is 2.01. The van der Waals surface area contributed by atoms with Crippen molar-refractivity contribution in [3.05, 3.63) is 47.8 Å². The molecule has 1 N–H and O–H groups in total. The summed E-state index contributed by atoms with van der Waals surface area (Å²) in [5.41, 5.74) is 2.58. The number of benzene rings is 1. The van der Waals surface area contributed by atoms with E-state index in [2.05, 4.69) is 53.0 Å². The number of imidazole rings is 1. The van der Waals surface area contributed by atoms with Crippen LogP contribution in [0.1, 0.15) is 30.9 Å². The Morgan fingerprint density at radius 3 is 2.72 bits per heavy atom. The Balaban J connectivity index is 1.93. The summed E-state index contributed by atoms with van der Waals surface area (Å²) in [7, 11) is 0. The fraction of sp³-hybridized carbons (Fsp3) is 0.400. The average molecular weight is 243 g/mol. The van der Waals surface area contributed by atoms with E-state index in [1.54, 1.807) is 0 Å². The van der Waals surface area contributed by atoms with Gasteiger partial charge in [0.15, 0.2) is 0 Å². The van der Waals surface area contributed by atoms with Gasteiger partial charge in [0.1, 0.15) is 0 Å². The second-order valence-electron chi connectivity index (χ2n) is 4.64. The van der Waals surface area contributed by atoms with Crippen LogP contribution in [0.5, 0.6) is 0 Å². The van der Waals surface area contributed by atoms with E-state index >= 15 is 0 Å². The van der Waals surface area contributed by atoms with Crippen LogP contribution in [0.15, 0.2) is 36.7 Å². The Kier molecular flexibility index (Phi) is 4.40. The number of hydrogen-bond donors (Lipinski definition) is 1. The molecule has 1 heterocycles. The highest BCUT2D eigenvalue weighted by atomic mass is 15.2. The molecular formula is C15H21N3. The Labute approximate surface area is 109 Å². The number of unbranched alkanes of at least 4 members (excludes halogenated alkanes) is 1. The predicted molar refractivity (Wildman–Crippen MR) is 75.6 cm³/mol. The Morgan fingerprint density at radius 1 is 1.22 bits per heavy atom. The van der Waals surface area contributed by atoms with Gasteiger partial charge < -0.3 is 9.88 Å². The molecule has 0 atom stereocenters. The lowest BCUT2D eigenvalue weighted by molar-refractivity contribution is 0.635. The topological polar surface area (TPSA) is 29.9 Å². The van der Waals surface area contributed by atoms with E-state index in [4.69, 9.17) is 0 Å². The third-order valence-corrected chi connectivity index (χ3v) is 3.04. The normalized spacial score (nSPS) is 10.6. The molecule has 18 heavy (non-hydrogen) atoms. The summed E-state index contributed by atoms with van der Waals surface area (Å²) in [5.74, 6) is 0.962. The average Bonchev–Trinajstić information content (AvgIpc) is 2.83. The minimum absolute atomic E-state index is 0.823. The lowest BCUT2D eigenvalue weighted by atomic mass is 10.1. The Hall–Kier alpha value is -1.77. The van der Waals surface area contributed by atoms with E-state index in [-0.39, 0.29) is 0 Å². The first-order valence-electron chi connectivity index (χ1n) is 6.60. The number of nitrogens with zero attached hydrogens (tertiary/aromatic N) is 2. The SMILES string of the molecule is CCCCn1ccnc1NCc1ccc(C)cc1. The van der Waals surface area contributed by atoms with Crippen molar-refractivity contribution >= 4 is 5.95 Å². The molecule has 0 amide bonds. The van der Waals surface area contributed by atoms with Gasteiger partial charge in [0.05, 0.1) is 0 Å². The zero-order valence-electron chi connectivity index (χ0n) is 11.2. The summed E-state index contributed by atoms with van der Waals surface area (Å²) < 4.78 is 2.18. The molecule has 0 radical (unpaired) electrons. The number of rotatable bonds is 6. The molecule has 0 bridgehead atoms. The Bertz CT molecular complexity index is 471. The summed E-state index contributed by atoms with van der Waals surface area (Å²) in [6, 6.07) is 8.59. The van der Waals surface area contributed by atoms with Crippen molar-refractivity contribution in [3.63, 3.8) is 0 Å². The third kappa shape index (κ3) is 3.36. The number of aromatic nitrogens is 2. The number of hydrogen-bond acceptors (Lipinski definition) is 2. The fourth-order valence-electron chi connectivity index (χ4n) is 1.87. The highest BCUT2D eigenvalue weighted by molar-refractivity contribution is 5.30. The lowest BCUT2D eigenvalue weighted by Crippen LogP contribution is -2.07. The van der Waals surface area contributed by atoms with Crippen molar-refractivity contribution in [2.45, 2.75) is 39.8 Å². The molecule has 2 rings (SSSR count). The van der Waals surface area contributed by atoms with Crippen LogP contribution in [0.25, 0.3) is 0 Å². The molecule has 0 aliphatic carbocycles. The molecule has 1 aromatic carbocycles. The first kappa shape index (κ1) is 12.7. The predicted octanol–water partition coefficient (Wildman–Crippen LogP) is 3.60. The van der Waals surface area contributed by atoms with Gasteiger partial charge in [-0.3, -0.25) is 0 Å². The van der Waals surface area contributed by atoms with Crippen LogP contribution in [0.3, 0.4) is 0 Å². The van der Waals surface area contributed by atoms with Gasteiger partial charge in [-0.05, 0) is 18.9 Å². The summed E-state index contributed by atoms with van der Waals surface area (Å²) in [5, 5.41) is 3.39. The fourth-order valence-corrected chi connectivity index (χ4v) is 1.87. The maximum Gasteiger partial charge on any atom is 0.203 e. The van der Waals surface area contributed by atoms with E-state index in [0.29, 0.717) is 0 Å². The van der Waals surface area contributed by atoms with Gasteiger partial charge in [-0.15, -0.1) is 0 Å². The minimum atomic E-state index is 0.823. The van der Waals surface area contributed by atoms with E-state index in [1.165, 1.54) is 24.0 Å². The molecule has 0 fully saturated rings. The highest BCUT2D eigenvalue weighted by Crippen LogP contribution is 2.09. The number of aryl methyl sites for hydroxylation is 2. The monoisotopic (exact) mass is 243 g/mol. The van der Waals surface area contributed by atoms with Crippen molar-refractivity contribution in [2.24, 2.45) is 0 Å². The van der Waals surface area contributed by atoms with E-state index in [1.807, 2.05) is 12.4 Å². The summed E-state index contributed by atoms with van der Waals surface area (Å²) in [4.78, 5) is 4.35. The smallest absolute Gasteiger partial charge is 0.203 e. The number of anilines is 1. The summed E-state index contributed by atoms with van der Waals surface area (Å²) >= 11 is 0. The van der Waals surface area contributed by atoms with E-state index in [0.717, 1.165) is 19.0 Å². The van der Waals surface area contributed by atoms with Gasteiger partial charge in [-0.1, -0.05) is 43.2 Å². The molecule has 0 saturated carbocycles. The Morgan fingerprint density at radius 2 is 2.00 bits per heavy atom. The molecule has 0 unspecified atom stereocenters. The zero-order valence-corrected chi connectivity index (χ0v) is 11.2. The molecule has 2 aromatic rings. The van der Waals surface area contributed by atoms with Crippen LogP contribution in [0, 0.1) is 6.92 Å². The van der Waals surface area contributed by atoms with Crippen LogP contribution >= 0.6 is 0 Å². The minimum Gasteiger partial charge on any atom is -0.352 e. The quantitative estimate of drug-likeness (QED) is 0.840. The van der Waals surface area contributed by atoms with Crippen LogP contribution in [-0.4, -0.2) is 9.55 Å². The van der Waals surface area contributed by atoms with Crippen molar-refractivity contribution < 1.29 is 0 Å². The van der Waals surface area contributed by atoms with Gasteiger partial charge in [0.25, 0.3) is 0 Å². The van der Waals surface area contributed by atoms with Gasteiger partial charge in [0.2, 0.25) is 5.95 Å². The maximum atomic E-state index is 4.35. The van der Waals surface area contributed by atoms with Crippen LogP contribution < -0.4 is 5.32 Å². The molecule has 3 nitrogen and oxygen atoms in total. The molecule has 0 aliphatic rings. The van der Waals surface area contributed by atoms with Crippen molar-refractivity contribution in [2.75, 3.05) is 5.32 Å². The standard InChI is InChI=1S/C15H21N3/c1-3-4-10-18-11-9-16-15(18)17-12-14-7-5-13(2)6-8-14/h5-9,11H,3-4,10,12H2,1-2H3,(H,16,17). The summed E-state index contributed by atoms with van der Waals surface area (Å²) in [6.45, 7) is 6.17. The van der Waals surface area contributed by atoms with Gasteiger partial charge in [0, 0.05) is 25.5 Å². The van der Waals surface area contributed by atoms with Crippen molar-refractivity contribution in [3.8, 4) is 0 Å². The molecule has 1 aromatic heterocycles. The van der Waals surface area contributed by atoms with Crippen molar-refractivity contribution in [1.82, 2.24) is 9.55 Å². The largest absolute Gasteiger partial charge is 0.352 e. The van der Waals surface area contributed by atoms with Gasteiger partial charge >= 0.3 is 0 Å². The van der Waals surface area contributed by atoms with E-state index in [9.17, 15) is 0 Å². The van der Waals surface area contributed by atoms with Crippen LogP contribution in [0.2, 0.25) is 0 Å². The second-order valence-corrected chi connectivity index (χ2v) is 4.64. The van der Waals surface area contributed by atoms with Crippen molar-refractivity contribution in [1.29, 1.82) is 0 Å².